The number of hydrogen-bond donors (Lipinski definition) is 3. The molecule has 0 unspecified atom stereocenters. The lowest BCUT2D eigenvalue weighted by atomic mass is 9.90. The van der Waals surface area contributed by atoms with Crippen LogP contribution in [0.1, 0.15) is 38.5 Å². The lowest BCUT2D eigenvalue weighted by Crippen LogP contribution is -2.56. The Morgan fingerprint density at radius 2 is 1.86 bits per heavy atom. The molecule has 1 aromatic rings. The fraction of sp³-hybridized carbons (Fsp3) is 0.500. The maximum absolute atomic E-state index is 13.2. The van der Waals surface area contributed by atoms with E-state index in [4.69, 9.17) is 11.1 Å². The largest absolute Gasteiger partial charge is 0.386 e. The van der Waals surface area contributed by atoms with Crippen molar-refractivity contribution in [3.63, 3.8) is 0 Å². The second-order valence-corrected chi connectivity index (χ2v) is 7.16. The summed E-state index contributed by atoms with van der Waals surface area (Å²) in [6, 6.07) is 4.83. The van der Waals surface area contributed by atoms with Gasteiger partial charge < -0.3 is 5.73 Å². The van der Waals surface area contributed by atoms with E-state index < -0.39 is 21.4 Å². The molecule has 2 rings (SSSR count). The minimum Gasteiger partial charge on any atom is -0.386 e. The number of sulfonamides is 1. The minimum atomic E-state index is -3.91. The molecule has 0 saturated heterocycles. The zero-order chi connectivity index (χ0) is 15.5. The minimum absolute atomic E-state index is 0.146. The van der Waals surface area contributed by atoms with Crippen LogP contribution in [0.25, 0.3) is 0 Å². The number of halogens is 1. The molecular formula is C14H20FN3O2S. The Labute approximate surface area is 124 Å². The summed E-state index contributed by atoms with van der Waals surface area (Å²) in [5.74, 6) is -0.792. The van der Waals surface area contributed by atoms with Crippen LogP contribution in [0.5, 0.6) is 0 Å². The first-order chi connectivity index (χ1) is 9.86. The van der Waals surface area contributed by atoms with Crippen LogP contribution in [0.4, 0.5) is 4.39 Å². The van der Waals surface area contributed by atoms with Gasteiger partial charge in [0.1, 0.15) is 11.7 Å². The Balaban J connectivity index is 2.33. The molecule has 116 valence electrons. The third-order valence-electron chi connectivity index (χ3n) is 3.91. The highest BCUT2D eigenvalue weighted by atomic mass is 32.2. The van der Waals surface area contributed by atoms with Crippen LogP contribution in [0, 0.1) is 11.2 Å². The molecule has 0 bridgehead atoms. The molecule has 0 amide bonds. The van der Waals surface area contributed by atoms with E-state index in [9.17, 15) is 12.8 Å². The van der Waals surface area contributed by atoms with E-state index in [2.05, 4.69) is 4.72 Å². The summed E-state index contributed by atoms with van der Waals surface area (Å²) < 4.78 is 40.7. The second-order valence-electron chi connectivity index (χ2n) is 5.47. The first-order valence-electron chi connectivity index (χ1n) is 7.00. The van der Waals surface area contributed by atoms with Crippen molar-refractivity contribution in [3.8, 4) is 0 Å². The van der Waals surface area contributed by atoms with Crippen LogP contribution in [0.3, 0.4) is 0 Å². The van der Waals surface area contributed by atoms with E-state index in [1.165, 1.54) is 18.2 Å². The number of amidine groups is 1. The Hall–Kier alpha value is -1.47. The Morgan fingerprint density at radius 3 is 2.38 bits per heavy atom. The third kappa shape index (κ3) is 3.59. The number of benzene rings is 1. The molecule has 1 aliphatic carbocycles. The van der Waals surface area contributed by atoms with Gasteiger partial charge in [0.25, 0.3) is 0 Å². The second kappa shape index (κ2) is 6.11. The van der Waals surface area contributed by atoms with E-state index in [0.717, 1.165) is 31.7 Å². The summed E-state index contributed by atoms with van der Waals surface area (Å²) in [4.78, 5) is -0.146. The third-order valence-corrected chi connectivity index (χ3v) is 5.44. The van der Waals surface area contributed by atoms with Gasteiger partial charge in [-0.1, -0.05) is 31.7 Å². The summed E-state index contributed by atoms with van der Waals surface area (Å²) in [7, 11) is -3.91. The van der Waals surface area contributed by atoms with Crippen molar-refractivity contribution in [2.24, 2.45) is 5.73 Å². The van der Waals surface area contributed by atoms with Gasteiger partial charge in [-0.05, 0) is 31.0 Å². The highest BCUT2D eigenvalue weighted by Crippen LogP contribution is 2.29. The molecule has 1 saturated carbocycles. The van der Waals surface area contributed by atoms with Crippen molar-refractivity contribution in [1.29, 1.82) is 5.41 Å². The van der Waals surface area contributed by atoms with Crippen molar-refractivity contribution in [1.82, 2.24) is 4.72 Å². The van der Waals surface area contributed by atoms with Crippen LogP contribution < -0.4 is 10.5 Å². The number of hydrogen-bond acceptors (Lipinski definition) is 3. The van der Waals surface area contributed by atoms with Crippen LogP contribution in [-0.4, -0.2) is 19.8 Å². The standard InChI is InChI=1S/C14H20FN3O2S/c15-11-6-5-7-12(10-11)21(19,20)18-14(13(16)17)8-3-1-2-4-9-14/h5-7,10,18H,1-4,8-9H2,(H3,16,17). The SMILES string of the molecule is N=C(N)C1(NS(=O)(=O)c2cccc(F)c2)CCCCCC1. The Morgan fingerprint density at radius 1 is 1.24 bits per heavy atom. The van der Waals surface area contributed by atoms with Crippen LogP contribution >= 0.6 is 0 Å². The number of nitrogens with one attached hydrogen (secondary N) is 2. The molecule has 4 N–H and O–H groups in total. The maximum atomic E-state index is 13.2. The van der Waals surface area contributed by atoms with Gasteiger partial charge in [0.15, 0.2) is 0 Å². The fourth-order valence-electron chi connectivity index (χ4n) is 2.71. The van der Waals surface area contributed by atoms with Crippen molar-refractivity contribution in [2.45, 2.75) is 49.0 Å². The molecule has 0 aromatic heterocycles. The smallest absolute Gasteiger partial charge is 0.241 e. The average Bonchev–Trinajstić information content (AvgIpc) is 2.65. The molecule has 1 aliphatic rings. The molecule has 0 radical (unpaired) electrons. The molecule has 0 spiro atoms. The molecule has 0 heterocycles. The Kier molecular flexibility index (Phi) is 4.63. The first kappa shape index (κ1) is 15.9. The molecule has 5 nitrogen and oxygen atoms in total. The lowest BCUT2D eigenvalue weighted by Gasteiger charge is -2.32. The molecule has 21 heavy (non-hydrogen) atoms. The van der Waals surface area contributed by atoms with E-state index in [1.807, 2.05) is 0 Å². The molecule has 1 aromatic carbocycles. The van der Waals surface area contributed by atoms with Gasteiger partial charge >= 0.3 is 0 Å². The summed E-state index contributed by atoms with van der Waals surface area (Å²) in [5, 5.41) is 7.80. The summed E-state index contributed by atoms with van der Waals surface area (Å²) in [6.07, 6.45) is 4.61. The Bertz CT molecular complexity index is 623. The monoisotopic (exact) mass is 313 g/mol. The predicted molar refractivity (Wildman–Crippen MR) is 79.1 cm³/mol. The number of nitrogens with two attached hydrogens (primary N) is 1. The molecular weight excluding hydrogens is 293 g/mol. The van der Waals surface area contributed by atoms with Gasteiger partial charge in [-0.25, -0.2) is 12.8 Å². The van der Waals surface area contributed by atoms with Crippen molar-refractivity contribution >= 4 is 15.9 Å². The summed E-state index contributed by atoms with van der Waals surface area (Å²) in [5.41, 5.74) is 4.62. The van der Waals surface area contributed by atoms with E-state index in [-0.39, 0.29) is 10.7 Å². The highest BCUT2D eigenvalue weighted by Gasteiger charge is 2.38. The highest BCUT2D eigenvalue weighted by molar-refractivity contribution is 7.89. The average molecular weight is 313 g/mol. The van der Waals surface area contributed by atoms with E-state index >= 15 is 0 Å². The molecule has 1 fully saturated rings. The van der Waals surface area contributed by atoms with Crippen molar-refractivity contribution in [3.05, 3.63) is 30.1 Å². The van der Waals surface area contributed by atoms with Gasteiger partial charge in [0.2, 0.25) is 10.0 Å². The van der Waals surface area contributed by atoms with Gasteiger partial charge in [0.05, 0.1) is 10.4 Å². The van der Waals surface area contributed by atoms with E-state index in [0.29, 0.717) is 12.8 Å². The van der Waals surface area contributed by atoms with Crippen LogP contribution in [0.15, 0.2) is 29.2 Å². The van der Waals surface area contributed by atoms with Gasteiger partial charge in [-0.15, -0.1) is 0 Å². The van der Waals surface area contributed by atoms with Crippen molar-refractivity contribution in [2.75, 3.05) is 0 Å². The van der Waals surface area contributed by atoms with Crippen LogP contribution in [-0.2, 0) is 10.0 Å². The predicted octanol–water partition coefficient (Wildman–Crippen LogP) is 2.13. The molecule has 0 atom stereocenters. The van der Waals surface area contributed by atoms with Crippen molar-refractivity contribution < 1.29 is 12.8 Å². The van der Waals surface area contributed by atoms with Gasteiger partial charge in [-0.3, -0.25) is 5.41 Å². The number of rotatable bonds is 4. The quantitative estimate of drug-likeness (QED) is 0.451. The van der Waals surface area contributed by atoms with E-state index in [1.54, 1.807) is 0 Å². The maximum Gasteiger partial charge on any atom is 0.241 e. The lowest BCUT2D eigenvalue weighted by molar-refractivity contribution is 0.434. The van der Waals surface area contributed by atoms with Gasteiger partial charge in [-0.2, -0.15) is 4.72 Å². The normalized spacial score (nSPS) is 18.9. The van der Waals surface area contributed by atoms with Crippen LogP contribution in [0.2, 0.25) is 0 Å². The van der Waals surface area contributed by atoms with Gasteiger partial charge in [0, 0.05) is 0 Å². The fourth-order valence-corrected chi connectivity index (χ4v) is 4.18. The summed E-state index contributed by atoms with van der Waals surface area (Å²) >= 11 is 0. The molecule has 7 heteroatoms. The zero-order valence-corrected chi connectivity index (χ0v) is 12.5. The summed E-state index contributed by atoms with van der Waals surface area (Å²) in [6.45, 7) is 0. The zero-order valence-electron chi connectivity index (χ0n) is 11.7. The molecule has 0 aliphatic heterocycles. The topological polar surface area (TPSA) is 96.0 Å². The first-order valence-corrected chi connectivity index (χ1v) is 8.48.